The highest BCUT2D eigenvalue weighted by Crippen LogP contribution is 2.04. The maximum absolute atomic E-state index is 3.81. The van der Waals surface area contributed by atoms with Crippen molar-refractivity contribution >= 4 is 0 Å². The molecule has 0 fully saturated rings. The molecule has 0 aliphatic rings. The van der Waals surface area contributed by atoms with Gasteiger partial charge in [-0.3, -0.25) is 0 Å². The van der Waals surface area contributed by atoms with E-state index in [1.165, 1.54) is 11.1 Å². The summed E-state index contributed by atoms with van der Waals surface area (Å²) in [4.78, 5) is 0. The van der Waals surface area contributed by atoms with Crippen LogP contribution in [0.1, 0.15) is 48.5 Å². The van der Waals surface area contributed by atoms with Gasteiger partial charge in [0.2, 0.25) is 0 Å². The van der Waals surface area contributed by atoms with E-state index in [9.17, 15) is 0 Å². The molecular weight excluding hydrogens is 132 g/mol. The minimum absolute atomic E-state index is 0. The predicted molar refractivity (Wildman–Crippen MR) is 56.9 cm³/mol. The average Bonchev–Trinajstić information content (AvgIpc) is 1.93. The lowest BCUT2D eigenvalue weighted by molar-refractivity contribution is 1.18. The summed E-state index contributed by atoms with van der Waals surface area (Å²) in [5, 5.41) is 0. The summed E-state index contributed by atoms with van der Waals surface area (Å²) < 4.78 is 0. The lowest BCUT2D eigenvalue weighted by atomic mass is 10.1. The smallest absolute Gasteiger partial charge is 0.0374 e. The van der Waals surface area contributed by atoms with Gasteiger partial charge in [-0.05, 0) is 20.3 Å². The van der Waals surface area contributed by atoms with Crippen LogP contribution in [0.2, 0.25) is 0 Å². The average molecular weight is 156 g/mol. The molecule has 0 spiro atoms. The second-order valence-electron chi connectivity index (χ2n) is 2.08. The Morgan fingerprint density at radius 2 is 1.64 bits per heavy atom. The van der Waals surface area contributed by atoms with Gasteiger partial charge in [0.05, 0.1) is 0 Å². The van der Waals surface area contributed by atoms with Crippen molar-refractivity contribution in [2.75, 3.05) is 0 Å². The van der Waals surface area contributed by atoms with Crippen molar-refractivity contribution in [1.29, 1.82) is 0 Å². The van der Waals surface area contributed by atoms with E-state index in [2.05, 4.69) is 26.5 Å². The molecule has 0 heterocycles. The molecule has 0 saturated heterocycles. The number of hydrogen-bond acceptors (Lipinski definition) is 0. The molecule has 0 radical (unpaired) electrons. The lowest BCUT2D eigenvalue weighted by Crippen LogP contribution is -1.73. The van der Waals surface area contributed by atoms with Crippen molar-refractivity contribution in [1.82, 2.24) is 0 Å². The van der Waals surface area contributed by atoms with E-state index in [-0.39, 0.29) is 7.43 Å². The fourth-order valence-electron chi connectivity index (χ4n) is 0.480. The van der Waals surface area contributed by atoms with Crippen molar-refractivity contribution < 1.29 is 0 Å². The Morgan fingerprint density at radius 1 is 1.27 bits per heavy atom. The minimum Gasteiger partial charge on any atom is -0.0959 e. The highest BCUT2D eigenvalue weighted by Gasteiger charge is 1.83. The first-order chi connectivity index (χ1) is 4.68. The maximum atomic E-state index is 3.81. The number of hydrogen-bond donors (Lipinski definition) is 0. The molecule has 0 atom stereocenters. The Morgan fingerprint density at radius 3 is 1.73 bits per heavy atom. The van der Waals surface area contributed by atoms with Crippen LogP contribution in [0.4, 0.5) is 0 Å². The normalized spacial score (nSPS) is 9.00. The Hall–Kier alpha value is -0.520. The molecule has 0 rings (SSSR count). The van der Waals surface area contributed by atoms with E-state index in [0.717, 1.165) is 6.42 Å². The molecular formula is C11H24. The van der Waals surface area contributed by atoms with Gasteiger partial charge >= 0.3 is 0 Å². The quantitative estimate of drug-likeness (QED) is 0.513. The van der Waals surface area contributed by atoms with Gasteiger partial charge in [-0.15, -0.1) is 0 Å². The summed E-state index contributed by atoms with van der Waals surface area (Å²) in [6, 6.07) is 0. The Balaban J connectivity index is -0.000000196. The summed E-state index contributed by atoms with van der Waals surface area (Å²) in [6.07, 6.45) is 3.29. The zero-order chi connectivity index (χ0) is 8.57. The van der Waals surface area contributed by atoms with Crippen LogP contribution >= 0.6 is 0 Å². The van der Waals surface area contributed by atoms with Crippen LogP contribution in [0.3, 0.4) is 0 Å². The second-order valence-corrected chi connectivity index (χ2v) is 2.08. The first kappa shape index (κ1) is 16.8. The SMILES string of the molecule is C.C=C(C)/C(C)=C\CC.CC. The zero-order valence-corrected chi connectivity index (χ0v) is 7.99. The van der Waals surface area contributed by atoms with Gasteiger partial charge in [-0.1, -0.05) is 52.0 Å². The Labute approximate surface area is 73.0 Å². The van der Waals surface area contributed by atoms with Gasteiger partial charge in [0.1, 0.15) is 0 Å². The van der Waals surface area contributed by atoms with E-state index in [0.29, 0.717) is 0 Å². The largest absolute Gasteiger partial charge is 0.0959 e. The molecule has 0 heteroatoms. The molecule has 0 nitrogen and oxygen atoms in total. The molecule has 0 aromatic heterocycles. The van der Waals surface area contributed by atoms with Crippen LogP contribution in [0.25, 0.3) is 0 Å². The molecule has 0 unspecified atom stereocenters. The molecule has 0 N–H and O–H groups in total. The zero-order valence-electron chi connectivity index (χ0n) is 7.99. The Kier molecular flexibility index (Phi) is 18.6. The van der Waals surface area contributed by atoms with Crippen molar-refractivity contribution in [3.8, 4) is 0 Å². The monoisotopic (exact) mass is 156 g/mol. The molecule has 0 aromatic rings. The highest BCUT2D eigenvalue weighted by molar-refractivity contribution is 5.23. The third kappa shape index (κ3) is 12.6. The first-order valence-corrected chi connectivity index (χ1v) is 4.01. The van der Waals surface area contributed by atoms with E-state index < -0.39 is 0 Å². The van der Waals surface area contributed by atoms with Gasteiger partial charge in [0, 0.05) is 0 Å². The van der Waals surface area contributed by atoms with Crippen LogP contribution in [0, 0.1) is 0 Å². The standard InChI is InChI=1S/C8H14.C2H6.CH4/c1-5-6-8(4)7(2)3;1-2;/h6H,2,5H2,1,3-4H3;1-2H3;1H4/b8-6-;;. The molecule has 0 saturated carbocycles. The summed E-state index contributed by atoms with van der Waals surface area (Å²) >= 11 is 0. The highest BCUT2D eigenvalue weighted by atomic mass is 13.9. The summed E-state index contributed by atoms with van der Waals surface area (Å²) in [5.74, 6) is 0. The number of allylic oxidation sites excluding steroid dienone is 3. The van der Waals surface area contributed by atoms with Crippen molar-refractivity contribution in [2.45, 2.75) is 48.5 Å². The van der Waals surface area contributed by atoms with Crippen molar-refractivity contribution in [3.05, 3.63) is 23.8 Å². The Bertz CT molecular complexity index is 107. The van der Waals surface area contributed by atoms with E-state index in [1.54, 1.807) is 0 Å². The van der Waals surface area contributed by atoms with Crippen LogP contribution in [-0.4, -0.2) is 0 Å². The van der Waals surface area contributed by atoms with Gasteiger partial charge in [0.15, 0.2) is 0 Å². The van der Waals surface area contributed by atoms with Crippen LogP contribution in [0.15, 0.2) is 23.8 Å². The van der Waals surface area contributed by atoms with Crippen LogP contribution < -0.4 is 0 Å². The predicted octanol–water partition coefficient (Wildman–Crippen LogP) is 4.58. The van der Waals surface area contributed by atoms with Crippen molar-refractivity contribution in [2.24, 2.45) is 0 Å². The van der Waals surface area contributed by atoms with E-state index in [1.807, 2.05) is 20.8 Å². The summed E-state index contributed by atoms with van der Waals surface area (Å²) in [7, 11) is 0. The fraction of sp³-hybridized carbons (Fsp3) is 0.636. The van der Waals surface area contributed by atoms with Crippen LogP contribution in [0.5, 0.6) is 0 Å². The summed E-state index contributed by atoms with van der Waals surface area (Å²) in [6.45, 7) is 14.1. The maximum Gasteiger partial charge on any atom is -0.0374 e. The van der Waals surface area contributed by atoms with E-state index >= 15 is 0 Å². The lowest BCUT2D eigenvalue weighted by Gasteiger charge is -1.94. The fourth-order valence-corrected chi connectivity index (χ4v) is 0.480. The third-order valence-electron chi connectivity index (χ3n) is 1.18. The second kappa shape index (κ2) is 12.2. The van der Waals surface area contributed by atoms with Crippen molar-refractivity contribution in [3.63, 3.8) is 0 Å². The topological polar surface area (TPSA) is 0 Å². The molecule has 0 amide bonds. The number of rotatable bonds is 2. The molecule has 0 aliphatic carbocycles. The third-order valence-corrected chi connectivity index (χ3v) is 1.18. The van der Waals surface area contributed by atoms with E-state index in [4.69, 9.17) is 0 Å². The minimum atomic E-state index is 0. The van der Waals surface area contributed by atoms with Gasteiger partial charge in [-0.2, -0.15) is 0 Å². The first-order valence-electron chi connectivity index (χ1n) is 4.01. The van der Waals surface area contributed by atoms with Gasteiger partial charge in [-0.25, -0.2) is 0 Å². The molecule has 0 aliphatic heterocycles. The molecule has 0 aromatic carbocycles. The van der Waals surface area contributed by atoms with Gasteiger partial charge in [0.25, 0.3) is 0 Å². The molecule has 68 valence electrons. The van der Waals surface area contributed by atoms with Crippen LogP contribution in [-0.2, 0) is 0 Å². The van der Waals surface area contributed by atoms with Gasteiger partial charge < -0.3 is 0 Å². The molecule has 11 heavy (non-hydrogen) atoms. The molecule has 0 bridgehead atoms. The summed E-state index contributed by atoms with van der Waals surface area (Å²) in [5.41, 5.74) is 2.49.